The summed E-state index contributed by atoms with van der Waals surface area (Å²) in [5.74, 6) is -0.184. The fourth-order valence-corrected chi connectivity index (χ4v) is 3.98. The van der Waals surface area contributed by atoms with Gasteiger partial charge in [0, 0.05) is 14.1 Å². The zero-order chi connectivity index (χ0) is 24.4. The van der Waals surface area contributed by atoms with Gasteiger partial charge >= 0.3 is 14.1 Å². The Morgan fingerprint density at radius 3 is 2.76 bits per heavy atom. The van der Waals surface area contributed by atoms with Gasteiger partial charge in [-0.1, -0.05) is 5.09 Å². The van der Waals surface area contributed by atoms with Gasteiger partial charge < -0.3 is 25.2 Å². The Balaban J connectivity index is 1.67. The van der Waals surface area contributed by atoms with Crippen LogP contribution < -0.4 is 15.7 Å². The van der Waals surface area contributed by atoms with Gasteiger partial charge in [0.25, 0.3) is 0 Å². The molecule has 13 nitrogen and oxygen atoms in total. The maximum atomic E-state index is 14.9. The van der Waals surface area contributed by atoms with Gasteiger partial charge in [-0.05, 0) is 25.3 Å². The van der Waals surface area contributed by atoms with E-state index in [0.29, 0.717) is 11.3 Å². The van der Waals surface area contributed by atoms with Crippen molar-refractivity contribution in [3.8, 4) is 0 Å². The number of nitrogen functional groups attached to an aromatic ring is 1. The number of fused-ring (bicyclic) bond motifs is 1. The molecule has 2 aromatic rings. The first-order valence-corrected chi connectivity index (χ1v) is 11.4. The summed E-state index contributed by atoms with van der Waals surface area (Å²) < 4.78 is 44.2. The molecule has 1 saturated heterocycles. The van der Waals surface area contributed by atoms with Gasteiger partial charge in [0.05, 0.1) is 12.4 Å². The van der Waals surface area contributed by atoms with Crippen molar-refractivity contribution in [2.45, 2.75) is 57.5 Å². The van der Waals surface area contributed by atoms with Crippen LogP contribution in [-0.4, -0.2) is 81.8 Å². The van der Waals surface area contributed by atoms with Gasteiger partial charge in [-0.2, -0.15) is 9.97 Å². The molecule has 3 rings (SSSR count). The highest BCUT2D eigenvalue weighted by molar-refractivity contribution is 7.36. The molecule has 1 fully saturated rings. The molecule has 33 heavy (non-hydrogen) atoms. The summed E-state index contributed by atoms with van der Waals surface area (Å²) in [6.07, 6.45) is -4.81. The molecule has 0 aliphatic carbocycles. The van der Waals surface area contributed by atoms with E-state index in [1.165, 1.54) is 17.8 Å². The van der Waals surface area contributed by atoms with Crippen molar-refractivity contribution in [1.82, 2.24) is 24.6 Å². The minimum absolute atomic E-state index is 0.0324. The van der Waals surface area contributed by atoms with Crippen molar-refractivity contribution in [2.24, 2.45) is 0 Å². The smallest absolute Gasteiger partial charge is 0.462 e. The third-order valence-electron chi connectivity index (χ3n) is 4.77. The van der Waals surface area contributed by atoms with Crippen LogP contribution in [0.2, 0.25) is 0 Å². The number of aliphatic hydroxyl groups is 1. The molecule has 0 saturated carbocycles. The molecule has 0 bridgehead atoms. The van der Waals surface area contributed by atoms with Crippen LogP contribution in [-0.2, 0) is 23.4 Å². The molecule has 0 radical (unpaired) electrons. The van der Waals surface area contributed by atoms with Crippen molar-refractivity contribution >= 4 is 37.1 Å². The number of nitrogens with two attached hydrogens (primary N) is 1. The third kappa shape index (κ3) is 5.53. The van der Waals surface area contributed by atoms with Crippen LogP contribution in [0, 0.1) is 0 Å². The fourth-order valence-electron chi connectivity index (χ4n) is 3.20. The number of anilines is 2. The van der Waals surface area contributed by atoms with Gasteiger partial charge in [-0.3, -0.25) is 9.36 Å². The zero-order valence-electron chi connectivity index (χ0n) is 18.9. The van der Waals surface area contributed by atoms with E-state index in [9.17, 15) is 18.9 Å². The molecule has 0 aromatic carbocycles. The molecule has 15 heteroatoms. The van der Waals surface area contributed by atoms with E-state index < -0.39 is 44.8 Å². The highest BCUT2D eigenvalue weighted by Gasteiger charge is 2.47. The standard InChI is InChI=1S/C18H28FN7O6P/c1-8(2)31-17(28)9(3)24-33(29)30-6-10-13(27)11(19)16(32-10)26-7-21-12-14(25(4)5)22-18(20)23-15(12)26/h7-11,13,16,27H,6H2,1-5H3,(H,24,29)(H2,20,22,23)/q+1/t9-,10+,11+,13+,16+/m0/s1. The number of carbonyl (C=O) groups excluding carboxylic acids is 1. The third-order valence-corrected chi connectivity index (χ3v) is 5.75. The lowest BCUT2D eigenvalue weighted by Crippen LogP contribution is -2.34. The first-order chi connectivity index (χ1) is 15.5. The van der Waals surface area contributed by atoms with Crippen LogP contribution in [0.5, 0.6) is 0 Å². The quantitative estimate of drug-likeness (QED) is 0.334. The van der Waals surface area contributed by atoms with Crippen LogP contribution in [0.15, 0.2) is 6.33 Å². The summed E-state index contributed by atoms with van der Waals surface area (Å²) >= 11 is 0. The van der Waals surface area contributed by atoms with Gasteiger partial charge in [-0.15, -0.1) is 4.52 Å². The minimum Gasteiger partial charge on any atom is -0.462 e. The lowest BCUT2D eigenvalue weighted by Gasteiger charge is -2.16. The Bertz CT molecular complexity index is 1020. The Morgan fingerprint density at radius 2 is 2.12 bits per heavy atom. The Hall–Kier alpha value is -2.51. The number of esters is 1. The Labute approximate surface area is 190 Å². The number of carbonyl (C=O) groups is 1. The van der Waals surface area contributed by atoms with E-state index in [1.807, 2.05) is 0 Å². The number of hydrogen-bond donors (Lipinski definition) is 3. The largest absolute Gasteiger partial charge is 0.613 e. The maximum Gasteiger partial charge on any atom is 0.613 e. The summed E-state index contributed by atoms with van der Waals surface area (Å²) in [7, 11) is 0.993. The number of aliphatic hydroxyl groups excluding tert-OH is 1. The fraction of sp³-hybridized carbons (Fsp3) is 0.667. The molecule has 3 heterocycles. The summed E-state index contributed by atoms with van der Waals surface area (Å²) in [5.41, 5.74) is 6.40. The molecule has 0 amide bonds. The van der Waals surface area contributed by atoms with E-state index >= 15 is 0 Å². The predicted octanol–water partition coefficient (Wildman–Crippen LogP) is 0.675. The number of imidazole rings is 1. The lowest BCUT2D eigenvalue weighted by molar-refractivity contribution is -0.149. The molecule has 6 atom stereocenters. The van der Waals surface area contributed by atoms with Gasteiger partial charge in [0.2, 0.25) is 5.95 Å². The van der Waals surface area contributed by atoms with Crippen LogP contribution in [0.3, 0.4) is 0 Å². The van der Waals surface area contributed by atoms with Gasteiger partial charge in [-0.25, -0.2) is 9.37 Å². The van der Waals surface area contributed by atoms with E-state index in [4.69, 9.17) is 19.7 Å². The summed E-state index contributed by atoms with van der Waals surface area (Å²) in [6.45, 7) is 4.46. The number of halogens is 1. The van der Waals surface area contributed by atoms with E-state index in [0.717, 1.165) is 0 Å². The molecular weight excluding hydrogens is 460 g/mol. The second-order valence-corrected chi connectivity index (χ2v) is 9.04. The summed E-state index contributed by atoms with van der Waals surface area (Å²) in [4.78, 5) is 26.0. The highest BCUT2D eigenvalue weighted by atomic mass is 31.1. The number of alkyl halides is 1. The molecule has 4 N–H and O–H groups in total. The second kappa shape index (κ2) is 10.2. The van der Waals surface area contributed by atoms with Crippen molar-refractivity contribution in [3.63, 3.8) is 0 Å². The molecule has 2 aromatic heterocycles. The van der Waals surface area contributed by atoms with E-state index in [2.05, 4.69) is 20.0 Å². The number of aromatic nitrogens is 4. The van der Waals surface area contributed by atoms with Crippen molar-refractivity contribution < 1.29 is 32.9 Å². The van der Waals surface area contributed by atoms with Crippen molar-refractivity contribution in [2.75, 3.05) is 31.3 Å². The second-order valence-electron chi connectivity index (χ2n) is 8.01. The predicted molar refractivity (Wildman–Crippen MR) is 116 cm³/mol. The van der Waals surface area contributed by atoms with Gasteiger partial charge in [0.1, 0.15) is 24.9 Å². The van der Waals surface area contributed by atoms with E-state index in [-0.39, 0.29) is 24.3 Å². The number of nitrogens with one attached hydrogen (secondary N) is 1. The van der Waals surface area contributed by atoms with E-state index in [1.54, 1.807) is 32.8 Å². The normalized spacial score (nSPS) is 24.3. The molecular formula is C18H28FN7O6P+. The number of hydrogen-bond acceptors (Lipinski definition) is 11. The average Bonchev–Trinajstić information content (AvgIpc) is 3.26. The average molecular weight is 488 g/mol. The molecule has 1 aliphatic heterocycles. The highest BCUT2D eigenvalue weighted by Crippen LogP contribution is 2.36. The van der Waals surface area contributed by atoms with Crippen molar-refractivity contribution in [1.29, 1.82) is 0 Å². The SMILES string of the molecule is CC(C)OC(=O)[C@H](C)N[P+](=O)OC[C@H]1O[C@@H](n2cnc3c(N(C)C)nc(N)nc32)[C@H](F)[C@@H]1O. The van der Waals surface area contributed by atoms with Crippen LogP contribution >= 0.6 is 8.18 Å². The van der Waals surface area contributed by atoms with Crippen molar-refractivity contribution in [3.05, 3.63) is 6.33 Å². The van der Waals surface area contributed by atoms with Crippen LogP contribution in [0.25, 0.3) is 11.2 Å². The monoisotopic (exact) mass is 488 g/mol. The lowest BCUT2D eigenvalue weighted by atomic mass is 10.1. The van der Waals surface area contributed by atoms with Crippen LogP contribution in [0.4, 0.5) is 16.2 Å². The number of nitrogens with zero attached hydrogens (tertiary/aromatic N) is 5. The topological polar surface area (TPSA) is 167 Å². The zero-order valence-corrected chi connectivity index (χ0v) is 19.8. The molecule has 1 unspecified atom stereocenters. The first kappa shape index (κ1) is 25.1. The number of ether oxygens (including phenoxy) is 2. The Kier molecular flexibility index (Phi) is 7.75. The molecule has 1 aliphatic rings. The minimum atomic E-state index is -2.51. The Morgan fingerprint density at radius 1 is 1.42 bits per heavy atom. The van der Waals surface area contributed by atoms with Gasteiger partial charge in [0.15, 0.2) is 29.4 Å². The maximum absolute atomic E-state index is 14.9. The molecule has 182 valence electrons. The molecule has 0 spiro atoms. The first-order valence-electron chi connectivity index (χ1n) is 10.2. The summed E-state index contributed by atoms with van der Waals surface area (Å²) in [5, 5.41) is 12.8. The van der Waals surface area contributed by atoms with Crippen LogP contribution in [0.1, 0.15) is 27.0 Å². The number of rotatable bonds is 9. The summed E-state index contributed by atoms with van der Waals surface area (Å²) in [6, 6.07) is -0.888.